The Morgan fingerprint density at radius 1 is 1.89 bits per heavy atom. The summed E-state index contributed by atoms with van der Waals surface area (Å²) < 4.78 is 4.68. The van der Waals surface area contributed by atoms with E-state index in [-0.39, 0.29) is 0 Å². The molecule has 0 saturated heterocycles. The lowest BCUT2D eigenvalue weighted by molar-refractivity contribution is 0.256. The Kier molecular flexibility index (Phi) is 4.56. The van der Waals surface area contributed by atoms with Crippen molar-refractivity contribution in [3.63, 3.8) is 0 Å². The zero-order valence-electron chi connectivity index (χ0n) is 5.52. The number of hydrogen-bond acceptors (Lipinski definition) is 2. The van der Waals surface area contributed by atoms with Gasteiger partial charge in [-0.25, -0.2) is 4.79 Å². The van der Waals surface area contributed by atoms with E-state index in [4.69, 9.17) is 0 Å². The van der Waals surface area contributed by atoms with Gasteiger partial charge in [0.1, 0.15) is 0 Å². The summed E-state index contributed by atoms with van der Waals surface area (Å²) in [5.74, 6) is 1.51. The molecule has 0 heterocycles. The minimum atomic E-state index is 0.518. The third-order valence-corrected chi connectivity index (χ3v) is 0.778. The normalized spacial score (nSPS) is 7.67. The van der Waals surface area contributed by atoms with Crippen molar-refractivity contribution in [1.82, 2.24) is 0 Å². The largest absolute Gasteiger partial charge is 0.489 e. The molecule has 0 saturated carbocycles. The maximum Gasteiger partial charge on any atom is 0.166 e. The maximum absolute atomic E-state index is 9.52. The van der Waals surface area contributed by atoms with Crippen LogP contribution in [0.25, 0.3) is 0 Å². The van der Waals surface area contributed by atoms with Gasteiger partial charge in [0.05, 0.1) is 6.61 Å². The van der Waals surface area contributed by atoms with Crippen molar-refractivity contribution in [2.24, 2.45) is 0 Å². The SMILES string of the molecule is C=C(C)CCOC=C=O. The highest BCUT2D eigenvalue weighted by Gasteiger charge is 1.83. The molecule has 0 aromatic carbocycles. The lowest BCUT2D eigenvalue weighted by Crippen LogP contribution is -1.86. The fraction of sp³-hybridized carbons (Fsp3) is 0.429. The summed E-state index contributed by atoms with van der Waals surface area (Å²) in [6.07, 6.45) is 1.81. The predicted molar refractivity (Wildman–Crippen MR) is 35.6 cm³/mol. The highest BCUT2D eigenvalue weighted by atomic mass is 16.5. The Balaban J connectivity index is 3.10. The Labute approximate surface area is 54.8 Å². The number of hydrogen-bond donors (Lipinski definition) is 0. The zero-order valence-corrected chi connectivity index (χ0v) is 5.52. The summed E-state index contributed by atoms with van der Waals surface area (Å²) in [5, 5.41) is 0. The first kappa shape index (κ1) is 7.99. The van der Waals surface area contributed by atoms with Gasteiger partial charge in [-0.3, -0.25) is 0 Å². The molecule has 2 nitrogen and oxygen atoms in total. The van der Waals surface area contributed by atoms with Crippen LogP contribution < -0.4 is 0 Å². The van der Waals surface area contributed by atoms with Gasteiger partial charge in [-0.15, -0.1) is 6.58 Å². The summed E-state index contributed by atoms with van der Waals surface area (Å²) in [7, 11) is 0. The van der Waals surface area contributed by atoms with Crippen molar-refractivity contribution in [1.29, 1.82) is 0 Å². The summed E-state index contributed by atoms with van der Waals surface area (Å²) in [5.41, 5.74) is 1.05. The summed E-state index contributed by atoms with van der Waals surface area (Å²) in [6, 6.07) is 0. The van der Waals surface area contributed by atoms with Crippen LogP contribution in [0.1, 0.15) is 13.3 Å². The van der Waals surface area contributed by atoms with Gasteiger partial charge in [0.2, 0.25) is 0 Å². The van der Waals surface area contributed by atoms with Crippen molar-refractivity contribution < 1.29 is 9.53 Å². The summed E-state index contributed by atoms with van der Waals surface area (Å²) in [6.45, 7) is 6.09. The molecule has 0 N–H and O–H groups in total. The summed E-state index contributed by atoms with van der Waals surface area (Å²) >= 11 is 0. The van der Waals surface area contributed by atoms with E-state index in [0.717, 1.165) is 18.3 Å². The van der Waals surface area contributed by atoms with Gasteiger partial charge in [0.25, 0.3) is 0 Å². The first-order valence-electron chi connectivity index (χ1n) is 2.72. The van der Waals surface area contributed by atoms with Crippen molar-refractivity contribution in [2.75, 3.05) is 6.61 Å². The first-order chi connectivity index (χ1) is 4.27. The van der Waals surface area contributed by atoms with Crippen LogP contribution in [-0.2, 0) is 9.53 Å². The van der Waals surface area contributed by atoms with Gasteiger partial charge in [0.15, 0.2) is 12.2 Å². The number of carbonyl (C=O) groups excluding carboxylic acids is 1. The average Bonchev–Trinajstić information content (AvgIpc) is 1.80. The molecule has 0 bridgehead atoms. The van der Waals surface area contributed by atoms with Crippen LogP contribution >= 0.6 is 0 Å². The lowest BCUT2D eigenvalue weighted by Gasteiger charge is -1.95. The standard InChI is InChI=1S/C7H10O2/c1-7(2)3-5-9-6-4-8/h6H,1,3,5H2,2H3. The molecule has 0 spiro atoms. The van der Waals surface area contributed by atoms with Crippen molar-refractivity contribution in [3.05, 3.63) is 18.4 Å². The van der Waals surface area contributed by atoms with Crippen molar-refractivity contribution in [2.45, 2.75) is 13.3 Å². The van der Waals surface area contributed by atoms with Crippen LogP contribution in [0.3, 0.4) is 0 Å². The number of ether oxygens (including phenoxy) is 1. The van der Waals surface area contributed by atoms with Crippen LogP contribution in [0.5, 0.6) is 0 Å². The monoisotopic (exact) mass is 126 g/mol. The fourth-order valence-corrected chi connectivity index (χ4v) is 0.326. The molecule has 0 aromatic heterocycles. The highest BCUT2D eigenvalue weighted by Crippen LogP contribution is 1.94. The van der Waals surface area contributed by atoms with E-state index in [2.05, 4.69) is 11.3 Å². The molecule has 0 aliphatic carbocycles. The van der Waals surface area contributed by atoms with E-state index in [1.807, 2.05) is 6.92 Å². The minimum Gasteiger partial charge on any atom is -0.489 e. The van der Waals surface area contributed by atoms with Gasteiger partial charge in [-0.05, 0) is 6.92 Å². The molecule has 0 atom stereocenters. The van der Waals surface area contributed by atoms with E-state index >= 15 is 0 Å². The molecule has 50 valence electrons. The molecule has 0 unspecified atom stereocenters. The molecule has 0 radical (unpaired) electrons. The third-order valence-electron chi connectivity index (χ3n) is 0.778. The quantitative estimate of drug-likeness (QED) is 0.246. The van der Waals surface area contributed by atoms with E-state index in [9.17, 15) is 4.79 Å². The molecule has 0 aliphatic heterocycles. The zero-order chi connectivity index (χ0) is 7.11. The third kappa shape index (κ3) is 6.99. The second kappa shape index (κ2) is 5.13. The van der Waals surface area contributed by atoms with Crippen LogP contribution in [0.4, 0.5) is 0 Å². The molecule has 0 fully saturated rings. The Hall–Kier alpha value is -1.01. The van der Waals surface area contributed by atoms with E-state index in [0.29, 0.717) is 6.61 Å². The van der Waals surface area contributed by atoms with Gasteiger partial charge in [0, 0.05) is 6.42 Å². The molecular formula is C7H10O2. The minimum absolute atomic E-state index is 0.518. The van der Waals surface area contributed by atoms with Crippen LogP contribution in [0, 0.1) is 0 Å². The Morgan fingerprint density at radius 3 is 3.00 bits per heavy atom. The van der Waals surface area contributed by atoms with Crippen LogP contribution in [0.15, 0.2) is 18.4 Å². The number of rotatable bonds is 4. The first-order valence-corrected chi connectivity index (χ1v) is 2.72. The van der Waals surface area contributed by atoms with Gasteiger partial charge < -0.3 is 4.74 Å². The highest BCUT2D eigenvalue weighted by molar-refractivity contribution is 5.42. The maximum atomic E-state index is 9.52. The van der Waals surface area contributed by atoms with E-state index < -0.39 is 0 Å². The Bertz CT molecular complexity index is 130. The molecule has 0 aliphatic rings. The predicted octanol–water partition coefficient (Wildman–Crippen LogP) is 1.31. The van der Waals surface area contributed by atoms with Crippen molar-refractivity contribution >= 4 is 5.94 Å². The molecule has 0 rings (SSSR count). The van der Waals surface area contributed by atoms with Gasteiger partial charge in [-0.2, -0.15) is 0 Å². The fourth-order valence-electron chi connectivity index (χ4n) is 0.326. The van der Waals surface area contributed by atoms with Crippen LogP contribution in [0.2, 0.25) is 0 Å². The second-order valence-corrected chi connectivity index (χ2v) is 1.81. The summed E-state index contributed by atoms with van der Waals surface area (Å²) in [4.78, 5) is 9.52. The van der Waals surface area contributed by atoms with E-state index in [1.54, 1.807) is 0 Å². The van der Waals surface area contributed by atoms with Gasteiger partial charge >= 0.3 is 0 Å². The lowest BCUT2D eigenvalue weighted by atomic mass is 10.3. The van der Waals surface area contributed by atoms with Crippen LogP contribution in [-0.4, -0.2) is 12.5 Å². The second-order valence-electron chi connectivity index (χ2n) is 1.81. The molecule has 0 amide bonds. The molecular weight excluding hydrogens is 116 g/mol. The van der Waals surface area contributed by atoms with Crippen molar-refractivity contribution in [3.8, 4) is 0 Å². The Morgan fingerprint density at radius 2 is 2.56 bits per heavy atom. The molecule has 9 heavy (non-hydrogen) atoms. The smallest absolute Gasteiger partial charge is 0.166 e. The topological polar surface area (TPSA) is 26.3 Å². The molecule has 0 aromatic rings. The van der Waals surface area contributed by atoms with Gasteiger partial charge in [-0.1, -0.05) is 5.57 Å². The average molecular weight is 126 g/mol. The van der Waals surface area contributed by atoms with E-state index in [1.165, 1.54) is 5.94 Å². The molecule has 2 heteroatoms.